The first-order chi connectivity index (χ1) is 7.63. The maximum absolute atomic E-state index is 4.07. The van der Waals surface area contributed by atoms with E-state index in [2.05, 4.69) is 35.2 Å². The van der Waals surface area contributed by atoms with E-state index in [1.807, 2.05) is 0 Å². The van der Waals surface area contributed by atoms with Gasteiger partial charge in [0.2, 0.25) is 0 Å². The van der Waals surface area contributed by atoms with Gasteiger partial charge in [0.15, 0.2) is 0 Å². The Morgan fingerprint density at radius 1 is 1.25 bits per heavy atom. The second kappa shape index (κ2) is 3.98. The molecule has 1 N–H and O–H groups in total. The van der Waals surface area contributed by atoms with Crippen LogP contribution in [0, 0.1) is 23.2 Å². The predicted octanol–water partition coefficient (Wildman–Crippen LogP) is 3.57. The molecule has 2 heteroatoms. The smallest absolute Gasteiger partial charge is 0.0231 e. The largest absolute Gasteiger partial charge is 0.317 e. The van der Waals surface area contributed by atoms with E-state index in [9.17, 15) is 0 Å². The maximum atomic E-state index is 4.07. The zero-order valence-corrected chi connectivity index (χ0v) is 12.1. The van der Waals surface area contributed by atoms with Crippen molar-refractivity contribution in [2.24, 2.45) is 23.2 Å². The zero-order chi connectivity index (χ0) is 11.3. The van der Waals surface area contributed by atoms with E-state index >= 15 is 0 Å². The summed E-state index contributed by atoms with van der Waals surface area (Å²) < 4.78 is 0. The van der Waals surface area contributed by atoms with Crippen molar-refractivity contribution < 1.29 is 0 Å². The second-order valence-electron chi connectivity index (χ2n) is 6.77. The van der Waals surface area contributed by atoms with Gasteiger partial charge in [-0.25, -0.2) is 0 Å². The third-order valence-corrected chi connectivity index (χ3v) is 7.25. The van der Waals surface area contributed by atoms with Crippen LogP contribution < -0.4 is 5.32 Å². The van der Waals surface area contributed by atoms with Gasteiger partial charge in [0.1, 0.15) is 0 Å². The molecule has 16 heavy (non-hydrogen) atoms. The number of rotatable bonds is 3. The average Bonchev–Trinajstić information content (AvgIpc) is 2.24. The van der Waals surface area contributed by atoms with Gasteiger partial charge < -0.3 is 5.32 Å². The summed E-state index contributed by atoms with van der Waals surface area (Å²) in [5.74, 6) is 3.13. The van der Waals surface area contributed by atoms with Gasteiger partial charge in [-0.1, -0.05) is 15.9 Å². The number of hydrogen-bond donors (Lipinski definition) is 1. The molecule has 92 valence electrons. The molecule has 4 fully saturated rings. The van der Waals surface area contributed by atoms with Crippen LogP contribution in [0.1, 0.15) is 45.4 Å². The number of halogens is 1. The van der Waals surface area contributed by atoms with Crippen LogP contribution in [0.5, 0.6) is 0 Å². The Morgan fingerprint density at radius 3 is 2.44 bits per heavy atom. The lowest BCUT2D eigenvalue weighted by atomic mass is 9.48. The summed E-state index contributed by atoms with van der Waals surface area (Å²) in [7, 11) is 2.11. The third kappa shape index (κ3) is 1.68. The Hall–Kier alpha value is 0.440. The van der Waals surface area contributed by atoms with Crippen molar-refractivity contribution in [3.05, 3.63) is 0 Å². The van der Waals surface area contributed by atoms with Crippen LogP contribution >= 0.6 is 15.9 Å². The summed E-state index contributed by atoms with van der Waals surface area (Å²) in [6.45, 7) is 2.35. The van der Waals surface area contributed by atoms with Crippen molar-refractivity contribution in [2.45, 2.75) is 56.3 Å². The van der Waals surface area contributed by atoms with Crippen LogP contribution in [0.25, 0.3) is 0 Å². The lowest BCUT2D eigenvalue weighted by Crippen LogP contribution is -2.55. The van der Waals surface area contributed by atoms with Gasteiger partial charge in [0.25, 0.3) is 0 Å². The lowest BCUT2D eigenvalue weighted by molar-refractivity contribution is -0.0512. The minimum atomic E-state index is 0.636. The lowest BCUT2D eigenvalue weighted by Gasteiger charge is -2.60. The monoisotopic (exact) mass is 285 g/mol. The van der Waals surface area contributed by atoms with Crippen molar-refractivity contribution in [1.29, 1.82) is 0 Å². The minimum Gasteiger partial charge on any atom is -0.317 e. The van der Waals surface area contributed by atoms with Gasteiger partial charge in [-0.15, -0.1) is 0 Å². The molecule has 0 saturated heterocycles. The first kappa shape index (κ1) is 11.5. The molecule has 0 aromatic heterocycles. The van der Waals surface area contributed by atoms with E-state index in [0.29, 0.717) is 11.5 Å². The Kier molecular flexibility index (Phi) is 2.87. The van der Waals surface area contributed by atoms with Crippen molar-refractivity contribution in [2.75, 3.05) is 7.05 Å². The molecule has 0 aromatic rings. The minimum absolute atomic E-state index is 0.636. The molecule has 4 saturated carbocycles. The summed E-state index contributed by atoms with van der Waals surface area (Å²) in [6.07, 6.45) is 8.96. The number of nitrogens with one attached hydrogen (secondary N) is 1. The molecule has 0 amide bonds. The Balaban J connectivity index is 1.82. The summed E-state index contributed by atoms with van der Waals surface area (Å²) in [5, 5.41) is 3.44. The van der Waals surface area contributed by atoms with Gasteiger partial charge >= 0.3 is 0 Å². The molecule has 0 radical (unpaired) electrons. The molecule has 0 heterocycles. The molecule has 4 rings (SSSR count). The molecule has 0 aromatic carbocycles. The van der Waals surface area contributed by atoms with Gasteiger partial charge in [-0.3, -0.25) is 0 Å². The van der Waals surface area contributed by atoms with Crippen molar-refractivity contribution in [1.82, 2.24) is 5.32 Å². The standard InChI is InChI=1S/C14H24BrN/c1-9(16-2)6-14-7-10-3-11(8-14)5-12(4-10)13(14)15/h9-13,16H,3-8H2,1-2H3/t9-,10+,11+,12?,13-,14?/m0/s1. The molecule has 4 atom stereocenters. The molecule has 0 aliphatic heterocycles. The fourth-order valence-electron chi connectivity index (χ4n) is 5.14. The highest BCUT2D eigenvalue weighted by Gasteiger charge is 2.56. The maximum Gasteiger partial charge on any atom is 0.0231 e. The van der Waals surface area contributed by atoms with E-state index in [1.165, 1.54) is 32.1 Å². The summed E-state index contributed by atoms with van der Waals surface area (Å²) >= 11 is 4.07. The molecule has 0 spiro atoms. The second-order valence-corrected chi connectivity index (χ2v) is 7.75. The molecule has 4 aliphatic carbocycles. The number of hydrogen-bond acceptors (Lipinski definition) is 1. The highest BCUT2D eigenvalue weighted by Crippen LogP contribution is 2.63. The van der Waals surface area contributed by atoms with Crippen LogP contribution in [-0.2, 0) is 0 Å². The van der Waals surface area contributed by atoms with Crippen LogP contribution in [0.2, 0.25) is 0 Å². The van der Waals surface area contributed by atoms with Gasteiger partial charge in [-0.2, -0.15) is 0 Å². The average molecular weight is 286 g/mol. The molecule has 4 bridgehead atoms. The van der Waals surface area contributed by atoms with Gasteiger partial charge in [0, 0.05) is 10.9 Å². The van der Waals surface area contributed by atoms with Crippen LogP contribution in [0.4, 0.5) is 0 Å². The normalized spacial score (nSPS) is 51.9. The van der Waals surface area contributed by atoms with E-state index in [4.69, 9.17) is 0 Å². The van der Waals surface area contributed by atoms with Crippen molar-refractivity contribution in [3.63, 3.8) is 0 Å². The first-order valence-corrected chi connectivity index (χ1v) is 7.86. The molecular formula is C14H24BrN. The summed E-state index contributed by atoms with van der Waals surface area (Å²) in [4.78, 5) is 0.809. The third-order valence-electron chi connectivity index (χ3n) is 5.53. The fraction of sp³-hybridized carbons (Fsp3) is 1.00. The molecule has 0 unspecified atom stereocenters. The summed E-state index contributed by atoms with van der Waals surface area (Å²) in [6, 6.07) is 0.677. The van der Waals surface area contributed by atoms with E-state index in [-0.39, 0.29) is 0 Å². The van der Waals surface area contributed by atoms with Crippen LogP contribution in [0.3, 0.4) is 0 Å². The van der Waals surface area contributed by atoms with E-state index in [1.54, 1.807) is 6.42 Å². The quantitative estimate of drug-likeness (QED) is 0.782. The van der Waals surface area contributed by atoms with Gasteiger partial charge in [0.05, 0.1) is 0 Å². The van der Waals surface area contributed by atoms with Gasteiger partial charge in [-0.05, 0) is 75.7 Å². The molecular weight excluding hydrogens is 262 g/mol. The van der Waals surface area contributed by atoms with E-state index < -0.39 is 0 Å². The zero-order valence-electron chi connectivity index (χ0n) is 10.5. The first-order valence-electron chi connectivity index (χ1n) is 6.94. The van der Waals surface area contributed by atoms with Crippen molar-refractivity contribution in [3.8, 4) is 0 Å². The highest BCUT2D eigenvalue weighted by molar-refractivity contribution is 9.09. The summed E-state index contributed by atoms with van der Waals surface area (Å²) in [5.41, 5.74) is 0.636. The fourth-order valence-corrected chi connectivity index (χ4v) is 6.13. The predicted molar refractivity (Wildman–Crippen MR) is 71.8 cm³/mol. The van der Waals surface area contributed by atoms with E-state index in [0.717, 1.165) is 22.6 Å². The molecule has 1 nitrogen and oxygen atoms in total. The SMILES string of the molecule is CN[C@@H](C)CC12C[C@H]3CC(C[C@@H](C3)C1)[C@@H]2Br. The highest BCUT2D eigenvalue weighted by atomic mass is 79.9. The number of alkyl halides is 1. The Morgan fingerprint density at radius 2 is 1.88 bits per heavy atom. The Labute approximate surface area is 108 Å². The Bertz CT molecular complexity index is 264. The van der Waals surface area contributed by atoms with Crippen LogP contribution in [-0.4, -0.2) is 17.9 Å². The van der Waals surface area contributed by atoms with Crippen LogP contribution in [0.15, 0.2) is 0 Å². The van der Waals surface area contributed by atoms with Crippen molar-refractivity contribution >= 4 is 15.9 Å². The topological polar surface area (TPSA) is 12.0 Å². The molecule has 4 aliphatic rings.